The van der Waals surface area contributed by atoms with Crippen molar-refractivity contribution in [3.8, 4) is 11.1 Å². The lowest BCUT2D eigenvalue weighted by Gasteiger charge is -2.31. The second-order valence-electron chi connectivity index (χ2n) is 11.6. The third-order valence-corrected chi connectivity index (χ3v) is 9.09. The van der Waals surface area contributed by atoms with E-state index in [1.165, 1.54) is 50.4 Å². The highest BCUT2D eigenvalue weighted by molar-refractivity contribution is 5.95. The summed E-state index contributed by atoms with van der Waals surface area (Å²) in [6.45, 7) is 14.9. The number of ether oxygens (including phenoxy) is 2. The van der Waals surface area contributed by atoms with E-state index in [2.05, 4.69) is 123 Å². The van der Waals surface area contributed by atoms with Crippen molar-refractivity contribution < 1.29 is 9.47 Å². The standard InChI is InChI=1S/C41H47NO2/c1-5-28-43-30-12-14-32-20-24-34(25-21-32)42(35-26-22-33(23-27-35)15-13-31-44-29-6-2)39-19-11-18-38-40(39)36-16-9-10-17-37(36)41(38,7-3)8-4/h5-6,9-11,16-27H,1-2,7-8,12-15,28-31H2,3-4H3. The molecule has 0 aromatic heterocycles. The summed E-state index contributed by atoms with van der Waals surface area (Å²) in [4.78, 5) is 2.45. The van der Waals surface area contributed by atoms with Gasteiger partial charge in [-0.3, -0.25) is 0 Å². The van der Waals surface area contributed by atoms with Gasteiger partial charge >= 0.3 is 0 Å². The average molecular weight is 586 g/mol. The van der Waals surface area contributed by atoms with Gasteiger partial charge in [-0.1, -0.05) is 86.7 Å². The zero-order valence-electron chi connectivity index (χ0n) is 26.6. The predicted octanol–water partition coefficient (Wildman–Crippen LogP) is 10.5. The second-order valence-corrected chi connectivity index (χ2v) is 11.6. The molecule has 4 aromatic carbocycles. The summed E-state index contributed by atoms with van der Waals surface area (Å²) < 4.78 is 11.2. The summed E-state index contributed by atoms with van der Waals surface area (Å²) in [5.74, 6) is 0. The molecule has 0 N–H and O–H groups in total. The molecule has 1 aliphatic rings. The van der Waals surface area contributed by atoms with Gasteiger partial charge in [0, 0.05) is 35.6 Å². The molecule has 1 aliphatic carbocycles. The summed E-state index contributed by atoms with van der Waals surface area (Å²) in [5.41, 5.74) is 11.9. The molecule has 4 aromatic rings. The molecular formula is C41H47NO2. The molecule has 0 unspecified atom stereocenters. The number of fused-ring (bicyclic) bond motifs is 3. The van der Waals surface area contributed by atoms with Crippen molar-refractivity contribution in [1.29, 1.82) is 0 Å². The van der Waals surface area contributed by atoms with Gasteiger partial charge in [-0.25, -0.2) is 0 Å². The van der Waals surface area contributed by atoms with Gasteiger partial charge in [-0.15, -0.1) is 13.2 Å². The van der Waals surface area contributed by atoms with Crippen LogP contribution in [0.3, 0.4) is 0 Å². The van der Waals surface area contributed by atoms with Crippen LogP contribution in [-0.4, -0.2) is 26.4 Å². The summed E-state index contributed by atoms with van der Waals surface area (Å²) in [6, 6.07) is 34.1. The van der Waals surface area contributed by atoms with Gasteiger partial charge in [0.05, 0.1) is 18.9 Å². The molecule has 5 rings (SSSR count). The van der Waals surface area contributed by atoms with E-state index in [0.717, 1.165) is 51.7 Å². The van der Waals surface area contributed by atoms with E-state index in [1.54, 1.807) is 12.2 Å². The molecule has 0 amide bonds. The molecule has 0 saturated carbocycles. The third kappa shape index (κ3) is 6.60. The number of anilines is 3. The van der Waals surface area contributed by atoms with Crippen molar-refractivity contribution in [3.05, 3.63) is 139 Å². The summed E-state index contributed by atoms with van der Waals surface area (Å²) in [5, 5.41) is 0. The number of benzene rings is 4. The molecular weight excluding hydrogens is 538 g/mol. The highest BCUT2D eigenvalue weighted by atomic mass is 16.5. The summed E-state index contributed by atoms with van der Waals surface area (Å²) >= 11 is 0. The number of nitrogens with zero attached hydrogens (tertiary/aromatic N) is 1. The largest absolute Gasteiger partial charge is 0.377 e. The molecule has 0 saturated heterocycles. The van der Waals surface area contributed by atoms with Crippen molar-refractivity contribution in [2.24, 2.45) is 0 Å². The van der Waals surface area contributed by atoms with E-state index in [0.29, 0.717) is 13.2 Å². The first-order chi connectivity index (χ1) is 21.7. The lowest BCUT2D eigenvalue weighted by Crippen LogP contribution is -2.23. The molecule has 0 bridgehead atoms. The summed E-state index contributed by atoms with van der Waals surface area (Å²) in [6.07, 6.45) is 9.74. The first-order valence-electron chi connectivity index (χ1n) is 16.3. The van der Waals surface area contributed by atoms with Gasteiger partial charge in [0.25, 0.3) is 0 Å². The van der Waals surface area contributed by atoms with Crippen molar-refractivity contribution in [2.75, 3.05) is 31.3 Å². The van der Waals surface area contributed by atoms with Gasteiger partial charge in [-0.2, -0.15) is 0 Å². The van der Waals surface area contributed by atoms with Gasteiger partial charge < -0.3 is 14.4 Å². The Morgan fingerprint density at radius 2 is 1.16 bits per heavy atom. The first-order valence-corrected chi connectivity index (χ1v) is 16.3. The molecule has 44 heavy (non-hydrogen) atoms. The van der Waals surface area contributed by atoms with Crippen LogP contribution in [0, 0.1) is 0 Å². The smallest absolute Gasteiger partial charge is 0.0644 e. The average Bonchev–Trinajstić information content (AvgIpc) is 3.36. The van der Waals surface area contributed by atoms with Gasteiger partial charge in [0.2, 0.25) is 0 Å². The number of rotatable bonds is 17. The zero-order chi connectivity index (χ0) is 30.8. The highest BCUT2D eigenvalue weighted by Gasteiger charge is 2.42. The monoisotopic (exact) mass is 585 g/mol. The molecule has 0 atom stereocenters. The Morgan fingerprint density at radius 3 is 1.68 bits per heavy atom. The van der Waals surface area contributed by atoms with Crippen LogP contribution in [0.1, 0.15) is 61.8 Å². The van der Waals surface area contributed by atoms with E-state index < -0.39 is 0 Å². The minimum Gasteiger partial charge on any atom is -0.377 e. The minimum atomic E-state index is 0.0304. The molecule has 3 nitrogen and oxygen atoms in total. The fourth-order valence-electron chi connectivity index (χ4n) is 6.82. The quantitative estimate of drug-likeness (QED) is 0.0909. The first kappa shape index (κ1) is 31.5. The van der Waals surface area contributed by atoms with Crippen molar-refractivity contribution in [2.45, 2.75) is 57.8 Å². The van der Waals surface area contributed by atoms with E-state index in [1.807, 2.05) is 0 Å². The maximum absolute atomic E-state index is 5.60. The molecule has 0 heterocycles. The normalized spacial score (nSPS) is 12.9. The van der Waals surface area contributed by atoms with Crippen LogP contribution in [0.5, 0.6) is 0 Å². The zero-order valence-corrected chi connectivity index (χ0v) is 26.6. The number of hydrogen-bond acceptors (Lipinski definition) is 3. The van der Waals surface area contributed by atoms with Gasteiger partial charge in [0.1, 0.15) is 0 Å². The molecule has 0 fully saturated rings. The lowest BCUT2D eigenvalue weighted by molar-refractivity contribution is 0.160. The number of aryl methyl sites for hydroxylation is 2. The molecule has 0 spiro atoms. The maximum Gasteiger partial charge on any atom is 0.0644 e. The van der Waals surface area contributed by atoms with E-state index in [-0.39, 0.29) is 5.41 Å². The van der Waals surface area contributed by atoms with Crippen molar-refractivity contribution in [3.63, 3.8) is 0 Å². The van der Waals surface area contributed by atoms with Gasteiger partial charge in [-0.05, 0) is 96.7 Å². The molecule has 3 heteroatoms. The van der Waals surface area contributed by atoms with Crippen LogP contribution in [0.2, 0.25) is 0 Å². The summed E-state index contributed by atoms with van der Waals surface area (Å²) in [7, 11) is 0. The fourth-order valence-corrected chi connectivity index (χ4v) is 6.82. The highest BCUT2D eigenvalue weighted by Crippen LogP contribution is 2.56. The Bertz CT molecular complexity index is 1450. The van der Waals surface area contributed by atoms with Crippen LogP contribution < -0.4 is 4.90 Å². The van der Waals surface area contributed by atoms with Crippen LogP contribution in [0.25, 0.3) is 11.1 Å². The molecule has 228 valence electrons. The van der Waals surface area contributed by atoms with Crippen LogP contribution in [0.4, 0.5) is 17.1 Å². The van der Waals surface area contributed by atoms with E-state index in [9.17, 15) is 0 Å². The third-order valence-electron chi connectivity index (χ3n) is 9.09. The van der Waals surface area contributed by atoms with Crippen molar-refractivity contribution in [1.82, 2.24) is 0 Å². The molecule has 0 aliphatic heterocycles. The Morgan fingerprint density at radius 1 is 0.636 bits per heavy atom. The Balaban J connectivity index is 1.52. The van der Waals surface area contributed by atoms with Crippen LogP contribution in [-0.2, 0) is 27.7 Å². The van der Waals surface area contributed by atoms with E-state index in [4.69, 9.17) is 9.47 Å². The Kier molecular flexibility index (Phi) is 10.9. The topological polar surface area (TPSA) is 21.7 Å². The van der Waals surface area contributed by atoms with E-state index >= 15 is 0 Å². The van der Waals surface area contributed by atoms with Crippen molar-refractivity contribution >= 4 is 17.1 Å². The van der Waals surface area contributed by atoms with Crippen LogP contribution in [0.15, 0.2) is 116 Å². The maximum atomic E-state index is 5.60. The number of hydrogen-bond donors (Lipinski definition) is 0. The Labute approximate surface area is 264 Å². The second kappa shape index (κ2) is 15.2. The Hall–Kier alpha value is -3.92. The molecule has 0 radical (unpaired) electrons. The lowest BCUT2D eigenvalue weighted by atomic mass is 9.74. The SMILES string of the molecule is C=CCOCCCc1ccc(N(c2ccc(CCCOCC=C)cc2)c2cccc3c2-c2ccccc2C3(CC)CC)cc1. The van der Waals surface area contributed by atoms with Gasteiger partial charge in [0.15, 0.2) is 0 Å². The minimum absolute atomic E-state index is 0.0304. The fraction of sp³-hybridized carbons (Fsp3) is 0.317. The van der Waals surface area contributed by atoms with Crippen LogP contribution >= 0.6 is 0 Å². The predicted molar refractivity (Wildman–Crippen MR) is 187 cm³/mol.